The second-order valence-electron chi connectivity index (χ2n) is 5.21. The molecule has 0 spiro atoms. The van der Waals surface area contributed by atoms with Crippen LogP contribution in [-0.4, -0.2) is 35.9 Å². The Labute approximate surface area is 121 Å². The lowest BCUT2D eigenvalue weighted by molar-refractivity contribution is -0.125. The SMILES string of the molecule is CC(C(=O)NCc1cc2ccc(F)cc2[nH]c1=O)N(C)C. The van der Waals surface area contributed by atoms with Crippen molar-refractivity contribution in [3.05, 3.63) is 46.0 Å². The van der Waals surface area contributed by atoms with Gasteiger partial charge in [-0.05, 0) is 50.7 Å². The van der Waals surface area contributed by atoms with E-state index in [4.69, 9.17) is 0 Å². The number of carbonyl (C=O) groups excluding carboxylic acids is 1. The van der Waals surface area contributed by atoms with Crippen LogP contribution >= 0.6 is 0 Å². The van der Waals surface area contributed by atoms with E-state index in [1.54, 1.807) is 24.0 Å². The first-order chi connectivity index (χ1) is 9.88. The molecular formula is C15H18FN3O2. The molecule has 0 aliphatic rings. The highest BCUT2D eigenvalue weighted by atomic mass is 19.1. The molecule has 0 bridgehead atoms. The normalized spacial score (nSPS) is 12.6. The minimum absolute atomic E-state index is 0.139. The highest BCUT2D eigenvalue weighted by Gasteiger charge is 2.14. The number of carbonyl (C=O) groups is 1. The van der Waals surface area contributed by atoms with E-state index in [0.717, 1.165) is 5.39 Å². The number of halogens is 1. The number of likely N-dealkylation sites (N-methyl/N-ethyl adjacent to an activating group) is 1. The summed E-state index contributed by atoms with van der Waals surface area (Å²) in [5, 5.41) is 3.45. The van der Waals surface area contributed by atoms with Gasteiger partial charge in [0.15, 0.2) is 0 Å². The van der Waals surface area contributed by atoms with Gasteiger partial charge in [0.05, 0.1) is 11.6 Å². The fourth-order valence-corrected chi connectivity index (χ4v) is 1.91. The van der Waals surface area contributed by atoms with E-state index >= 15 is 0 Å². The van der Waals surface area contributed by atoms with Crippen LogP contribution < -0.4 is 10.9 Å². The van der Waals surface area contributed by atoms with Crippen molar-refractivity contribution in [1.29, 1.82) is 0 Å². The molecule has 6 heteroatoms. The Morgan fingerprint density at radius 1 is 1.38 bits per heavy atom. The molecule has 1 unspecified atom stereocenters. The highest BCUT2D eigenvalue weighted by Crippen LogP contribution is 2.12. The van der Waals surface area contributed by atoms with Crippen molar-refractivity contribution in [2.45, 2.75) is 19.5 Å². The minimum Gasteiger partial charge on any atom is -0.350 e. The maximum Gasteiger partial charge on any atom is 0.253 e. The van der Waals surface area contributed by atoms with Crippen LogP contribution in [0.4, 0.5) is 4.39 Å². The van der Waals surface area contributed by atoms with Gasteiger partial charge in [0.25, 0.3) is 5.56 Å². The first-order valence-corrected chi connectivity index (χ1v) is 6.64. The van der Waals surface area contributed by atoms with Crippen LogP contribution in [0.5, 0.6) is 0 Å². The fraction of sp³-hybridized carbons (Fsp3) is 0.333. The lowest BCUT2D eigenvalue weighted by Gasteiger charge is -2.18. The first-order valence-electron chi connectivity index (χ1n) is 6.64. The van der Waals surface area contributed by atoms with Gasteiger partial charge in [-0.25, -0.2) is 4.39 Å². The predicted octanol–water partition coefficient (Wildman–Crippen LogP) is 1.23. The maximum atomic E-state index is 13.1. The summed E-state index contributed by atoms with van der Waals surface area (Å²) in [6, 6.07) is 5.58. The van der Waals surface area contributed by atoms with Gasteiger partial charge in [0.1, 0.15) is 5.82 Å². The number of nitrogens with one attached hydrogen (secondary N) is 2. The molecule has 1 amide bonds. The summed E-state index contributed by atoms with van der Waals surface area (Å²) in [6.07, 6.45) is 0. The van der Waals surface area contributed by atoms with Gasteiger partial charge in [0, 0.05) is 12.1 Å². The fourth-order valence-electron chi connectivity index (χ4n) is 1.91. The number of aromatic amines is 1. The largest absolute Gasteiger partial charge is 0.350 e. The minimum atomic E-state index is -0.404. The van der Waals surface area contributed by atoms with Crippen molar-refractivity contribution in [2.75, 3.05) is 14.1 Å². The van der Waals surface area contributed by atoms with Crippen LogP contribution in [0, 0.1) is 5.82 Å². The Kier molecular flexibility index (Phi) is 4.37. The van der Waals surface area contributed by atoms with E-state index in [1.807, 2.05) is 14.1 Å². The topological polar surface area (TPSA) is 65.2 Å². The third kappa shape index (κ3) is 3.46. The number of aromatic nitrogens is 1. The van der Waals surface area contributed by atoms with Gasteiger partial charge in [-0.15, -0.1) is 0 Å². The zero-order valence-electron chi connectivity index (χ0n) is 12.2. The average Bonchev–Trinajstić information content (AvgIpc) is 2.43. The van der Waals surface area contributed by atoms with Crippen molar-refractivity contribution < 1.29 is 9.18 Å². The molecule has 1 aromatic carbocycles. The summed E-state index contributed by atoms with van der Waals surface area (Å²) in [6.45, 7) is 1.92. The molecule has 5 nitrogen and oxygen atoms in total. The molecule has 0 aliphatic heterocycles. The Morgan fingerprint density at radius 2 is 2.10 bits per heavy atom. The number of nitrogens with zero attached hydrogens (tertiary/aromatic N) is 1. The Bertz CT molecular complexity index is 724. The molecule has 0 aliphatic carbocycles. The number of amides is 1. The molecule has 0 saturated carbocycles. The molecule has 112 valence electrons. The van der Waals surface area contributed by atoms with Gasteiger partial charge in [-0.3, -0.25) is 14.5 Å². The third-order valence-corrected chi connectivity index (χ3v) is 3.49. The van der Waals surface area contributed by atoms with Gasteiger partial charge >= 0.3 is 0 Å². The molecular weight excluding hydrogens is 273 g/mol. The second kappa shape index (κ2) is 6.05. The summed E-state index contributed by atoms with van der Waals surface area (Å²) >= 11 is 0. The number of hydrogen-bond acceptors (Lipinski definition) is 3. The Balaban J connectivity index is 2.19. The van der Waals surface area contributed by atoms with Gasteiger partial charge in [0.2, 0.25) is 5.91 Å². The van der Waals surface area contributed by atoms with Gasteiger partial charge in [-0.1, -0.05) is 0 Å². The monoisotopic (exact) mass is 291 g/mol. The first kappa shape index (κ1) is 15.2. The molecule has 1 atom stereocenters. The van der Waals surface area contributed by atoms with E-state index in [0.29, 0.717) is 11.1 Å². The highest BCUT2D eigenvalue weighted by molar-refractivity contribution is 5.82. The van der Waals surface area contributed by atoms with E-state index in [9.17, 15) is 14.0 Å². The number of pyridine rings is 1. The molecule has 21 heavy (non-hydrogen) atoms. The Hall–Kier alpha value is -2.21. The van der Waals surface area contributed by atoms with Crippen molar-refractivity contribution in [3.8, 4) is 0 Å². The third-order valence-electron chi connectivity index (χ3n) is 3.49. The zero-order valence-corrected chi connectivity index (χ0v) is 12.2. The maximum absolute atomic E-state index is 13.1. The number of H-pyrrole nitrogens is 1. The van der Waals surface area contributed by atoms with E-state index < -0.39 is 5.82 Å². The van der Waals surface area contributed by atoms with Crippen LogP contribution in [0.25, 0.3) is 10.9 Å². The standard InChI is InChI=1S/C15H18FN3O2/c1-9(19(2)3)14(20)17-8-11-6-10-4-5-12(16)7-13(10)18-15(11)21/h4-7,9H,8H2,1-3H3,(H,17,20)(H,18,21). The van der Waals surface area contributed by atoms with Gasteiger partial charge < -0.3 is 10.3 Å². The van der Waals surface area contributed by atoms with E-state index in [1.165, 1.54) is 12.1 Å². The average molecular weight is 291 g/mol. The molecule has 0 radical (unpaired) electrons. The summed E-state index contributed by atoms with van der Waals surface area (Å²) in [5.74, 6) is -0.558. The Morgan fingerprint density at radius 3 is 2.76 bits per heavy atom. The lowest BCUT2D eigenvalue weighted by atomic mass is 10.1. The van der Waals surface area contributed by atoms with E-state index in [2.05, 4.69) is 10.3 Å². The smallest absolute Gasteiger partial charge is 0.253 e. The van der Waals surface area contributed by atoms with Crippen molar-refractivity contribution in [2.24, 2.45) is 0 Å². The molecule has 0 saturated heterocycles. The summed E-state index contributed by atoms with van der Waals surface area (Å²) < 4.78 is 13.1. The molecule has 1 aromatic heterocycles. The predicted molar refractivity (Wildman–Crippen MR) is 79.5 cm³/mol. The van der Waals surface area contributed by atoms with Crippen molar-refractivity contribution in [1.82, 2.24) is 15.2 Å². The summed E-state index contributed by atoms with van der Waals surface area (Å²) in [5.41, 5.74) is 0.552. The lowest BCUT2D eigenvalue weighted by Crippen LogP contribution is -2.41. The second-order valence-corrected chi connectivity index (χ2v) is 5.21. The number of rotatable bonds is 4. The number of fused-ring (bicyclic) bond motifs is 1. The zero-order chi connectivity index (χ0) is 15.6. The molecule has 2 rings (SSSR count). The van der Waals surface area contributed by atoms with Crippen LogP contribution in [0.15, 0.2) is 29.1 Å². The molecule has 2 N–H and O–H groups in total. The molecule has 1 heterocycles. The van der Waals surface area contributed by atoms with Crippen LogP contribution in [0.3, 0.4) is 0 Å². The summed E-state index contributed by atoms with van der Waals surface area (Å²) in [4.78, 5) is 28.2. The number of benzene rings is 1. The molecule has 2 aromatic rings. The van der Waals surface area contributed by atoms with Crippen molar-refractivity contribution in [3.63, 3.8) is 0 Å². The van der Waals surface area contributed by atoms with Crippen LogP contribution in [0.1, 0.15) is 12.5 Å². The summed E-state index contributed by atoms with van der Waals surface area (Å²) in [7, 11) is 3.61. The van der Waals surface area contributed by atoms with Gasteiger partial charge in [-0.2, -0.15) is 0 Å². The quantitative estimate of drug-likeness (QED) is 0.890. The van der Waals surface area contributed by atoms with Crippen LogP contribution in [-0.2, 0) is 11.3 Å². The van der Waals surface area contributed by atoms with Crippen LogP contribution in [0.2, 0.25) is 0 Å². The van der Waals surface area contributed by atoms with Crippen molar-refractivity contribution >= 4 is 16.8 Å². The van der Waals surface area contributed by atoms with E-state index in [-0.39, 0.29) is 24.1 Å². The molecule has 0 fully saturated rings. The number of hydrogen-bond donors (Lipinski definition) is 2.